The summed E-state index contributed by atoms with van der Waals surface area (Å²) in [5.74, 6) is -0.664. The van der Waals surface area contributed by atoms with Gasteiger partial charge in [-0.15, -0.1) is 0 Å². The molecule has 1 aliphatic heterocycles. The molecule has 18 heavy (non-hydrogen) atoms. The number of halogens is 1. The first-order chi connectivity index (χ1) is 8.63. The molecule has 1 atom stereocenters. The number of ether oxygens (including phenoxy) is 1. The van der Waals surface area contributed by atoms with Gasteiger partial charge in [-0.3, -0.25) is 4.79 Å². The number of carbonyl (C=O) groups is 1. The van der Waals surface area contributed by atoms with Gasteiger partial charge in [-0.2, -0.15) is 0 Å². The van der Waals surface area contributed by atoms with Gasteiger partial charge in [0, 0.05) is 24.7 Å². The van der Waals surface area contributed by atoms with Crippen LogP contribution in [0.2, 0.25) is 0 Å². The van der Waals surface area contributed by atoms with Crippen molar-refractivity contribution in [1.82, 2.24) is 9.88 Å². The van der Waals surface area contributed by atoms with Gasteiger partial charge in [-0.25, -0.2) is 9.37 Å². The quantitative estimate of drug-likeness (QED) is 0.825. The number of hydrogen-bond acceptors (Lipinski definition) is 3. The Morgan fingerprint density at radius 1 is 1.50 bits per heavy atom. The van der Waals surface area contributed by atoms with Crippen LogP contribution in [0.3, 0.4) is 0 Å². The van der Waals surface area contributed by atoms with Crippen LogP contribution in [-0.2, 0) is 4.79 Å². The van der Waals surface area contributed by atoms with Crippen molar-refractivity contribution in [3.63, 3.8) is 0 Å². The van der Waals surface area contributed by atoms with Gasteiger partial charge in [0.1, 0.15) is 5.82 Å². The predicted molar refractivity (Wildman–Crippen MR) is 65.0 cm³/mol. The van der Waals surface area contributed by atoms with Gasteiger partial charge < -0.3 is 9.64 Å². The number of rotatable bonds is 3. The number of methoxy groups -OCH3 is 1. The molecular weight excluding hydrogens is 235 g/mol. The molecule has 0 saturated carbocycles. The average Bonchev–Trinajstić information content (AvgIpc) is 2.91. The van der Waals surface area contributed by atoms with Gasteiger partial charge in [0.05, 0.1) is 19.2 Å². The van der Waals surface area contributed by atoms with Crippen LogP contribution in [-0.4, -0.2) is 36.0 Å². The van der Waals surface area contributed by atoms with Crippen LogP contribution < -0.4 is 4.74 Å². The van der Waals surface area contributed by atoms with Crippen LogP contribution >= 0.6 is 0 Å². The number of hydrogen-bond donors (Lipinski definition) is 0. The lowest BCUT2D eigenvalue weighted by atomic mass is 10.0. The summed E-state index contributed by atoms with van der Waals surface area (Å²) in [5.41, 5.74) is 0.346. The van der Waals surface area contributed by atoms with Crippen LogP contribution in [0.25, 0.3) is 0 Å². The smallest absolute Gasteiger partial charge is 0.229 e. The molecule has 0 radical (unpaired) electrons. The SMILES string of the molecule is COc1cc([C@H](C)C(=O)N2CCCC2)c(F)cn1. The van der Waals surface area contributed by atoms with Crippen molar-refractivity contribution in [2.75, 3.05) is 20.2 Å². The summed E-state index contributed by atoms with van der Waals surface area (Å²) in [6, 6.07) is 1.49. The molecular formula is C13H17FN2O2. The second-order valence-corrected chi connectivity index (χ2v) is 4.50. The number of aromatic nitrogens is 1. The number of nitrogens with zero attached hydrogens (tertiary/aromatic N) is 2. The third-order valence-corrected chi connectivity index (χ3v) is 3.32. The van der Waals surface area contributed by atoms with E-state index in [4.69, 9.17) is 4.74 Å². The Morgan fingerprint density at radius 3 is 2.78 bits per heavy atom. The fraction of sp³-hybridized carbons (Fsp3) is 0.538. The molecule has 5 heteroatoms. The first-order valence-corrected chi connectivity index (χ1v) is 6.11. The number of pyridine rings is 1. The van der Waals surface area contributed by atoms with Crippen LogP contribution in [0.5, 0.6) is 5.88 Å². The molecule has 1 amide bonds. The summed E-state index contributed by atoms with van der Waals surface area (Å²) in [6.07, 6.45) is 3.16. The maximum Gasteiger partial charge on any atom is 0.229 e. The first kappa shape index (κ1) is 12.8. The van der Waals surface area contributed by atoms with Crippen molar-refractivity contribution < 1.29 is 13.9 Å². The Morgan fingerprint density at radius 2 is 2.17 bits per heavy atom. The summed E-state index contributed by atoms with van der Waals surface area (Å²) in [4.78, 5) is 17.8. The molecule has 0 unspecified atom stereocenters. The summed E-state index contributed by atoms with van der Waals surface area (Å²) in [5, 5.41) is 0. The lowest BCUT2D eigenvalue weighted by molar-refractivity contribution is -0.131. The molecule has 0 spiro atoms. The monoisotopic (exact) mass is 252 g/mol. The Hall–Kier alpha value is -1.65. The maximum atomic E-state index is 13.7. The van der Waals surface area contributed by atoms with Gasteiger partial charge in [-0.1, -0.05) is 0 Å². The van der Waals surface area contributed by atoms with E-state index < -0.39 is 11.7 Å². The molecule has 2 heterocycles. The zero-order chi connectivity index (χ0) is 13.1. The molecule has 1 fully saturated rings. The molecule has 1 aromatic rings. The van der Waals surface area contributed by atoms with E-state index in [9.17, 15) is 9.18 Å². The van der Waals surface area contributed by atoms with E-state index in [0.29, 0.717) is 11.4 Å². The van der Waals surface area contributed by atoms with Crippen molar-refractivity contribution in [3.05, 3.63) is 23.6 Å². The van der Waals surface area contributed by atoms with Crippen LogP contribution in [0.15, 0.2) is 12.3 Å². The van der Waals surface area contributed by atoms with E-state index in [2.05, 4.69) is 4.98 Å². The van der Waals surface area contributed by atoms with E-state index in [1.54, 1.807) is 11.8 Å². The topological polar surface area (TPSA) is 42.4 Å². The lowest BCUT2D eigenvalue weighted by Gasteiger charge is -2.21. The molecule has 4 nitrogen and oxygen atoms in total. The van der Waals surface area contributed by atoms with Crippen molar-refractivity contribution in [2.45, 2.75) is 25.7 Å². The molecule has 98 valence electrons. The van der Waals surface area contributed by atoms with Crippen molar-refractivity contribution in [1.29, 1.82) is 0 Å². The minimum atomic E-state index is -0.500. The summed E-state index contributed by atoms with van der Waals surface area (Å²) >= 11 is 0. The zero-order valence-electron chi connectivity index (χ0n) is 10.6. The highest BCUT2D eigenvalue weighted by Crippen LogP contribution is 2.25. The van der Waals surface area contributed by atoms with Gasteiger partial charge in [0.15, 0.2) is 0 Å². The molecule has 0 aliphatic carbocycles. The summed E-state index contributed by atoms with van der Waals surface area (Å²) in [6.45, 7) is 3.26. The van der Waals surface area contributed by atoms with Gasteiger partial charge >= 0.3 is 0 Å². The van der Waals surface area contributed by atoms with E-state index in [1.807, 2.05) is 0 Å². The zero-order valence-corrected chi connectivity index (χ0v) is 10.6. The third-order valence-electron chi connectivity index (χ3n) is 3.32. The van der Waals surface area contributed by atoms with E-state index in [-0.39, 0.29) is 5.91 Å². The first-order valence-electron chi connectivity index (χ1n) is 6.11. The Bertz CT molecular complexity index is 445. The Kier molecular flexibility index (Phi) is 3.79. The van der Waals surface area contributed by atoms with Gasteiger partial charge in [0.25, 0.3) is 0 Å². The van der Waals surface area contributed by atoms with Crippen molar-refractivity contribution in [2.24, 2.45) is 0 Å². The molecule has 0 bridgehead atoms. The lowest BCUT2D eigenvalue weighted by Crippen LogP contribution is -2.31. The second kappa shape index (κ2) is 5.33. The molecule has 0 N–H and O–H groups in total. The predicted octanol–water partition coefficient (Wildman–Crippen LogP) is 1.96. The Labute approximate surface area is 106 Å². The van der Waals surface area contributed by atoms with E-state index in [0.717, 1.165) is 32.1 Å². The van der Waals surface area contributed by atoms with E-state index in [1.165, 1.54) is 13.2 Å². The van der Waals surface area contributed by atoms with Crippen molar-refractivity contribution >= 4 is 5.91 Å². The highest BCUT2D eigenvalue weighted by Gasteiger charge is 2.26. The Balaban J connectivity index is 2.21. The highest BCUT2D eigenvalue weighted by molar-refractivity contribution is 5.83. The number of amides is 1. The van der Waals surface area contributed by atoms with Gasteiger partial charge in [-0.05, 0) is 19.8 Å². The van der Waals surface area contributed by atoms with Crippen molar-refractivity contribution in [3.8, 4) is 5.88 Å². The largest absolute Gasteiger partial charge is 0.481 e. The fourth-order valence-electron chi connectivity index (χ4n) is 2.22. The van der Waals surface area contributed by atoms with Crippen LogP contribution in [0.1, 0.15) is 31.2 Å². The molecule has 1 saturated heterocycles. The average molecular weight is 252 g/mol. The molecule has 1 aliphatic rings. The summed E-state index contributed by atoms with van der Waals surface area (Å²) in [7, 11) is 1.47. The summed E-state index contributed by atoms with van der Waals surface area (Å²) < 4.78 is 18.7. The molecule has 2 rings (SSSR count). The molecule has 0 aromatic carbocycles. The second-order valence-electron chi connectivity index (χ2n) is 4.50. The number of carbonyl (C=O) groups excluding carboxylic acids is 1. The fourth-order valence-corrected chi connectivity index (χ4v) is 2.22. The highest BCUT2D eigenvalue weighted by atomic mass is 19.1. The number of likely N-dealkylation sites (tertiary alicyclic amines) is 1. The van der Waals surface area contributed by atoms with Crippen LogP contribution in [0, 0.1) is 5.82 Å². The third kappa shape index (κ3) is 2.44. The standard InChI is InChI=1S/C13H17FN2O2/c1-9(13(17)16-5-3-4-6-16)10-7-12(18-2)15-8-11(10)14/h7-9H,3-6H2,1-2H3/t9-/m0/s1. The minimum Gasteiger partial charge on any atom is -0.481 e. The van der Waals surface area contributed by atoms with Gasteiger partial charge in [0.2, 0.25) is 11.8 Å². The maximum absolute atomic E-state index is 13.7. The normalized spacial score (nSPS) is 16.7. The van der Waals surface area contributed by atoms with Crippen LogP contribution in [0.4, 0.5) is 4.39 Å². The van der Waals surface area contributed by atoms with E-state index >= 15 is 0 Å². The minimum absolute atomic E-state index is 0.0281. The molecule has 1 aromatic heterocycles.